The molecule has 0 radical (unpaired) electrons. The molecule has 128 valence electrons. The van der Waals surface area contributed by atoms with Crippen LogP contribution < -0.4 is 5.32 Å². The third-order valence-corrected chi connectivity index (χ3v) is 4.27. The Bertz CT molecular complexity index is 346. The van der Waals surface area contributed by atoms with E-state index in [4.69, 9.17) is 9.84 Å². The summed E-state index contributed by atoms with van der Waals surface area (Å²) in [5.74, 6) is -1.25. The zero-order valence-corrected chi connectivity index (χ0v) is 14.0. The van der Waals surface area contributed by atoms with Crippen molar-refractivity contribution in [3.63, 3.8) is 0 Å². The lowest BCUT2D eigenvalue weighted by molar-refractivity contribution is -0.144. The average molecular weight is 313 g/mol. The molecular formula is C17H31NO4. The molecule has 1 rings (SSSR count). The third kappa shape index (κ3) is 7.25. The maximum absolute atomic E-state index is 11.7. The van der Waals surface area contributed by atoms with Crippen LogP contribution in [0.25, 0.3) is 0 Å². The van der Waals surface area contributed by atoms with Gasteiger partial charge in [0.2, 0.25) is 0 Å². The highest BCUT2D eigenvalue weighted by Gasteiger charge is 2.35. The van der Waals surface area contributed by atoms with Crippen LogP contribution >= 0.6 is 0 Å². The fraction of sp³-hybridized carbons (Fsp3) is 0.882. The van der Waals surface area contributed by atoms with Gasteiger partial charge in [0, 0.05) is 6.42 Å². The molecule has 1 aliphatic heterocycles. The molecule has 1 heterocycles. The van der Waals surface area contributed by atoms with Crippen LogP contribution in [0, 0.1) is 0 Å². The lowest BCUT2D eigenvalue weighted by Gasteiger charge is -2.12. The Kier molecular flexibility index (Phi) is 9.13. The van der Waals surface area contributed by atoms with Crippen molar-refractivity contribution >= 4 is 11.9 Å². The minimum Gasteiger partial charge on any atom is -0.480 e. The zero-order chi connectivity index (χ0) is 16.4. The summed E-state index contributed by atoms with van der Waals surface area (Å²) in [6.45, 7) is 3.77. The van der Waals surface area contributed by atoms with E-state index in [-0.39, 0.29) is 12.1 Å². The molecule has 5 heteroatoms. The summed E-state index contributed by atoms with van der Waals surface area (Å²) in [6, 6.07) is -1.19. The van der Waals surface area contributed by atoms with E-state index < -0.39 is 18.1 Å². The van der Waals surface area contributed by atoms with E-state index in [2.05, 4.69) is 12.2 Å². The van der Waals surface area contributed by atoms with Crippen molar-refractivity contribution < 1.29 is 19.4 Å². The van der Waals surface area contributed by atoms with Crippen molar-refractivity contribution in [1.82, 2.24) is 5.32 Å². The average Bonchev–Trinajstić information content (AvgIpc) is 2.82. The predicted molar refractivity (Wildman–Crippen MR) is 85.7 cm³/mol. The highest BCUT2D eigenvalue weighted by Crippen LogP contribution is 2.21. The molecule has 0 saturated carbocycles. The number of cyclic esters (lactones) is 1. The number of hydrogen-bond donors (Lipinski definition) is 2. The number of aliphatic carboxylic acids is 1. The van der Waals surface area contributed by atoms with Gasteiger partial charge in [-0.15, -0.1) is 0 Å². The summed E-state index contributed by atoms with van der Waals surface area (Å²) >= 11 is 0. The van der Waals surface area contributed by atoms with Gasteiger partial charge < -0.3 is 9.84 Å². The van der Waals surface area contributed by atoms with Gasteiger partial charge >= 0.3 is 11.9 Å². The molecule has 1 aliphatic rings. The van der Waals surface area contributed by atoms with Gasteiger partial charge in [-0.2, -0.15) is 0 Å². The van der Waals surface area contributed by atoms with Gasteiger partial charge in [0.25, 0.3) is 0 Å². The van der Waals surface area contributed by atoms with E-state index in [1.807, 2.05) is 0 Å². The number of hydrogen-bond acceptors (Lipinski definition) is 4. The van der Waals surface area contributed by atoms with E-state index in [0.29, 0.717) is 6.42 Å². The second-order valence-electron chi connectivity index (χ2n) is 6.34. The monoisotopic (exact) mass is 313 g/mol. The molecule has 0 bridgehead atoms. The fourth-order valence-corrected chi connectivity index (χ4v) is 2.85. The van der Waals surface area contributed by atoms with Crippen molar-refractivity contribution in [2.24, 2.45) is 0 Å². The minimum absolute atomic E-state index is 0.0499. The van der Waals surface area contributed by atoms with Gasteiger partial charge in [0.05, 0.1) is 0 Å². The first-order valence-electron chi connectivity index (χ1n) is 8.74. The Balaban J connectivity index is 2.08. The van der Waals surface area contributed by atoms with Crippen LogP contribution in [-0.2, 0) is 14.3 Å². The topological polar surface area (TPSA) is 75.6 Å². The van der Waals surface area contributed by atoms with E-state index in [1.54, 1.807) is 6.92 Å². The molecule has 0 spiro atoms. The molecule has 0 aromatic rings. The van der Waals surface area contributed by atoms with Gasteiger partial charge in [-0.1, -0.05) is 51.9 Å². The van der Waals surface area contributed by atoms with Crippen LogP contribution in [0.4, 0.5) is 0 Å². The summed E-state index contributed by atoms with van der Waals surface area (Å²) in [7, 11) is 0. The second-order valence-corrected chi connectivity index (χ2v) is 6.34. The largest absolute Gasteiger partial charge is 0.480 e. The molecule has 0 amide bonds. The fourth-order valence-electron chi connectivity index (χ4n) is 2.85. The van der Waals surface area contributed by atoms with Crippen LogP contribution in [0.15, 0.2) is 0 Å². The van der Waals surface area contributed by atoms with Crippen LogP contribution in [-0.4, -0.2) is 35.2 Å². The van der Waals surface area contributed by atoms with E-state index in [9.17, 15) is 9.59 Å². The number of nitrogens with one attached hydrogen (secondary N) is 1. The Labute approximate surface area is 133 Å². The van der Waals surface area contributed by atoms with E-state index in [0.717, 1.165) is 12.8 Å². The van der Waals surface area contributed by atoms with Crippen LogP contribution in [0.1, 0.15) is 78.1 Å². The maximum Gasteiger partial charge on any atom is 0.323 e. The molecule has 1 saturated heterocycles. The summed E-state index contributed by atoms with van der Waals surface area (Å²) in [5, 5.41) is 11.7. The van der Waals surface area contributed by atoms with Gasteiger partial charge in [0.1, 0.15) is 18.2 Å². The number of carboxylic acids is 1. The Morgan fingerprint density at radius 2 is 1.82 bits per heavy atom. The Hall–Kier alpha value is -1.10. The zero-order valence-electron chi connectivity index (χ0n) is 14.0. The van der Waals surface area contributed by atoms with Crippen molar-refractivity contribution in [2.45, 2.75) is 96.2 Å². The van der Waals surface area contributed by atoms with Crippen molar-refractivity contribution in [2.75, 3.05) is 0 Å². The second kappa shape index (κ2) is 10.6. The van der Waals surface area contributed by atoms with E-state index in [1.165, 1.54) is 44.9 Å². The molecule has 5 nitrogen and oxygen atoms in total. The van der Waals surface area contributed by atoms with Crippen LogP contribution in [0.2, 0.25) is 0 Å². The third-order valence-electron chi connectivity index (χ3n) is 4.27. The summed E-state index contributed by atoms with van der Waals surface area (Å²) < 4.78 is 5.32. The minimum atomic E-state index is -0.945. The molecule has 0 aliphatic carbocycles. The van der Waals surface area contributed by atoms with Crippen molar-refractivity contribution in [3.8, 4) is 0 Å². The predicted octanol–water partition coefficient (Wildman–Crippen LogP) is 3.26. The summed E-state index contributed by atoms with van der Waals surface area (Å²) in [6.07, 6.45) is 11.5. The molecule has 1 fully saturated rings. The number of rotatable bonds is 12. The van der Waals surface area contributed by atoms with Gasteiger partial charge in [0.15, 0.2) is 0 Å². The van der Waals surface area contributed by atoms with Crippen LogP contribution in [0.5, 0.6) is 0 Å². The lowest BCUT2D eigenvalue weighted by Crippen LogP contribution is -2.43. The van der Waals surface area contributed by atoms with E-state index >= 15 is 0 Å². The van der Waals surface area contributed by atoms with Crippen molar-refractivity contribution in [3.05, 3.63) is 0 Å². The molecule has 2 unspecified atom stereocenters. The summed E-state index contributed by atoms with van der Waals surface area (Å²) in [4.78, 5) is 22.5. The number of carboxylic acid groups (broad SMARTS) is 1. The number of ether oxygens (including phenoxy) is 1. The number of carbonyl (C=O) groups is 2. The quantitative estimate of drug-likeness (QED) is 0.427. The molecular weight excluding hydrogens is 282 g/mol. The number of carbonyl (C=O) groups excluding carboxylic acids is 1. The maximum atomic E-state index is 11.7. The van der Waals surface area contributed by atoms with Crippen molar-refractivity contribution in [1.29, 1.82) is 0 Å². The van der Waals surface area contributed by atoms with Gasteiger partial charge in [-0.05, 0) is 19.8 Å². The first kappa shape index (κ1) is 18.9. The standard InChI is InChI=1S/C17H31NO4/c1-3-4-5-6-7-8-9-10-11-14-12-15(17(21)22-14)18-13(2)16(19)20/h13-15,18H,3-12H2,1-2H3,(H,19,20)/t13-,14?,15?/m0/s1. The number of unbranched alkanes of at least 4 members (excludes halogenated alkanes) is 7. The highest BCUT2D eigenvalue weighted by molar-refractivity contribution is 5.80. The Morgan fingerprint density at radius 1 is 1.23 bits per heavy atom. The first-order chi connectivity index (χ1) is 10.5. The smallest absolute Gasteiger partial charge is 0.323 e. The number of esters is 1. The van der Waals surface area contributed by atoms with Crippen LogP contribution in [0.3, 0.4) is 0 Å². The first-order valence-corrected chi connectivity index (χ1v) is 8.74. The SMILES string of the molecule is CCCCCCCCCCC1CC(N[C@@H](C)C(=O)O)C(=O)O1. The van der Waals surface area contributed by atoms with Gasteiger partial charge in [-0.25, -0.2) is 0 Å². The molecule has 3 atom stereocenters. The normalized spacial score (nSPS) is 22.5. The molecule has 0 aromatic heterocycles. The molecule has 2 N–H and O–H groups in total. The lowest BCUT2D eigenvalue weighted by atomic mass is 10.0. The molecule has 0 aromatic carbocycles. The van der Waals surface area contributed by atoms with Gasteiger partial charge in [-0.3, -0.25) is 14.9 Å². The highest BCUT2D eigenvalue weighted by atomic mass is 16.6. The summed E-state index contributed by atoms with van der Waals surface area (Å²) in [5.41, 5.74) is 0. The molecule has 22 heavy (non-hydrogen) atoms. The Morgan fingerprint density at radius 3 is 2.41 bits per heavy atom.